The summed E-state index contributed by atoms with van der Waals surface area (Å²) < 4.78 is 145. The molecule has 0 radical (unpaired) electrons. The Hall–Kier alpha value is -6.22. The number of hydrogen-bond donors (Lipinski definition) is 3. The Kier molecular flexibility index (Phi) is 10.3. The molecule has 6 heterocycles. The van der Waals surface area contributed by atoms with E-state index in [0.29, 0.717) is 60.9 Å². The average Bonchev–Trinajstić information content (AvgIpc) is 3.95. The van der Waals surface area contributed by atoms with E-state index < -0.39 is 125 Å². The minimum Gasteiger partial charge on any atom is -0.486 e. The molecule has 3 aromatic carbocycles. The molecule has 3 N–H and O–H groups in total. The molecule has 21 heteroatoms. The third-order valence-electron chi connectivity index (χ3n) is 11.6. The van der Waals surface area contributed by atoms with E-state index in [9.17, 15) is 28.4 Å². The number of likely N-dealkylation sites (tertiary alicyclic amines) is 1. The molecule has 66 heavy (non-hydrogen) atoms. The van der Waals surface area contributed by atoms with Gasteiger partial charge in [0.25, 0.3) is 11.8 Å². The second-order valence-corrected chi connectivity index (χ2v) is 16.4. The van der Waals surface area contributed by atoms with Crippen LogP contribution in [0.1, 0.15) is 63.8 Å². The van der Waals surface area contributed by atoms with Gasteiger partial charge in [0.05, 0.1) is 46.1 Å². The Balaban J connectivity index is 0.876. The molecule has 0 bridgehead atoms. The molecule has 4 fully saturated rings. The predicted molar refractivity (Wildman–Crippen MR) is 233 cm³/mol. The number of nitrogens with zero attached hydrogens (tertiary/aromatic N) is 6. The first-order chi connectivity index (χ1) is 34.8. The number of ether oxygens (including phenoxy) is 2. The summed E-state index contributed by atoms with van der Waals surface area (Å²) in [6.45, 7) is -14.1. The first-order valence-corrected chi connectivity index (χ1v) is 21.2. The maximum absolute atomic E-state index is 16.6. The van der Waals surface area contributed by atoms with Gasteiger partial charge in [-0.15, -0.1) is 0 Å². The number of benzene rings is 3. The van der Waals surface area contributed by atoms with Crippen LogP contribution in [0.3, 0.4) is 0 Å². The minimum atomic E-state index is -3.93. The zero-order chi connectivity index (χ0) is 53.4. The third-order valence-corrected chi connectivity index (χ3v) is 11.9. The second-order valence-electron chi connectivity index (χ2n) is 16.0. The summed E-state index contributed by atoms with van der Waals surface area (Å²) in [5.41, 5.74) is -3.87. The Labute approximate surface area is 391 Å². The maximum atomic E-state index is 16.6. The van der Waals surface area contributed by atoms with Crippen molar-refractivity contribution in [2.75, 3.05) is 80.9 Å². The lowest BCUT2D eigenvalue weighted by molar-refractivity contribution is -0.136. The van der Waals surface area contributed by atoms with Crippen LogP contribution in [-0.4, -0.2) is 132 Å². The van der Waals surface area contributed by atoms with Crippen LogP contribution >= 0.6 is 11.6 Å². The lowest BCUT2D eigenvalue weighted by atomic mass is 9.96. The molecule has 4 aromatic rings. The van der Waals surface area contributed by atoms with Crippen LogP contribution in [0.5, 0.6) is 5.75 Å². The van der Waals surface area contributed by atoms with Crippen LogP contribution in [0.15, 0.2) is 48.8 Å². The van der Waals surface area contributed by atoms with Gasteiger partial charge in [-0.05, 0) is 62.5 Å². The highest BCUT2D eigenvalue weighted by atomic mass is 35.5. The van der Waals surface area contributed by atoms with Crippen LogP contribution < -0.4 is 25.6 Å². The van der Waals surface area contributed by atoms with Gasteiger partial charge in [-0.25, -0.2) is 27.5 Å². The van der Waals surface area contributed by atoms with Gasteiger partial charge in [0, 0.05) is 80.6 Å². The zero-order valence-electron chi connectivity index (χ0n) is 42.6. The van der Waals surface area contributed by atoms with Crippen LogP contribution in [-0.2, 0) is 19.1 Å². The van der Waals surface area contributed by atoms with Gasteiger partial charge in [-0.2, -0.15) is 0 Å². The fourth-order valence-corrected chi connectivity index (χ4v) is 8.42. The van der Waals surface area contributed by atoms with Crippen LogP contribution in [0.2, 0.25) is 5.02 Å². The van der Waals surface area contributed by atoms with Gasteiger partial charge < -0.3 is 25.0 Å². The standard InChI is InChI=1S/C45H44ClF4N9O7/c46-28-18-25(3-4-29(28)47)53-42-27-19-31(33(20-30(27)51-23-52-42)66-26-9-17-65-22-26)54-34(60)2-1-10-56-11-7-24(8-12-56)21-57-13-15-58(16-14-57)41-39(49)37-36(38(48)40(41)50)44(63)59(45(37)64)32-5-6-35(61)55-43(32)62/h1-4,18-20,23-24,26,32H,5-17,21-22H2,(H,54,60)(H,51,52,53)(H,55,61,62)/b2-1+/t26-,32?/m0/s1/i13D2,14D2,15D2,16D2. The van der Waals surface area contributed by atoms with Gasteiger partial charge in [-0.1, -0.05) is 17.7 Å². The van der Waals surface area contributed by atoms with E-state index in [2.05, 4.69) is 20.6 Å². The number of imide groups is 2. The maximum Gasteiger partial charge on any atom is 0.265 e. The lowest BCUT2D eigenvalue weighted by Gasteiger charge is -2.39. The molecular formula is C45H44ClF4N9O7. The Morgan fingerprint density at radius 1 is 0.939 bits per heavy atom. The molecule has 346 valence electrons. The van der Waals surface area contributed by atoms with Crippen molar-refractivity contribution in [2.45, 2.75) is 44.2 Å². The molecule has 1 aromatic heterocycles. The number of rotatable bonds is 12. The van der Waals surface area contributed by atoms with Gasteiger partial charge in [0.15, 0.2) is 17.5 Å². The molecule has 5 amide bonds. The SMILES string of the molecule is [2H]C1([2H])N(CC2CCN(C/C=C/C(=O)Nc3cc4c(Nc5ccc(F)c(Cl)c5)ncnc4cc3O[C@H]3CCOC3)CC2)C([2H])([2H])C([2H])([2H])N(c2c(F)c(F)c3c(c2F)C(=O)N(C2CCC(=O)NC2=O)C3=O)C1([2H])[2H]. The molecule has 1 unspecified atom stereocenters. The van der Waals surface area contributed by atoms with Crippen molar-refractivity contribution in [3.63, 3.8) is 0 Å². The molecule has 4 saturated heterocycles. The summed E-state index contributed by atoms with van der Waals surface area (Å²) in [6.07, 6.45) is 4.15. The van der Waals surface area contributed by atoms with Crippen molar-refractivity contribution in [3.8, 4) is 5.75 Å². The molecule has 2 atom stereocenters. The van der Waals surface area contributed by atoms with Gasteiger partial charge >= 0.3 is 0 Å². The number of amides is 5. The number of nitrogens with one attached hydrogen (secondary N) is 3. The van der Waals surface area contributed by atoms with E-state index >= 15 is 13.2 Å². The van der Waals surface area contributed by atoms with Crippen LogP contribution in [0.4, 0.5) is 40.4 Å². The summed E-state index contributed by atoms with van der Waals surface area (Å²) in [5.74, 6) is -13.4. The number of halogens is 5. The number of fused-ring (bicyclic) bond motifs is 2. The van der Waals surface area contributed by atoms with Crippen LogP contribution in [0.25, 0.3) is 10.9 Å². The first kappa shape index (κ1) is 36.0. The fraction of sp³-hybridized carbons (Fsp3) is 0.400. The molecular weight excluding hydrogens is 890 g/mol. The van der Waals surface area contributed by atoms with E-state index in [0.717, 1.165) is 0 Å². The van der Waals surface area contributed by atoms with Crippen molar-refractivity contribution < 1.29 is 62.0 Å². The summed E-state index contributed by atoms with van der Waals surface area (Å²) in [5, 5.41) is 8.18. The number of carbonyl (C=O) groups is 5. The highest BCUT2D eigenvalue weighted by Crippen LogP contribution is 2.39. The second kappa shape index (κ2) is 18.9. The third kappa shape index (κ3) is 9.14. The molecule has 16 nitrogen and oxygen atoms in total. The number of aromatic nitrogens is 2. The Morgan fingerprint density at radius 2 is 1.70 bits per heavy atom. The average molecular weight is 942 g/mol. The summed E-state index contributed by atoms with van der Waals surface area (Å²) in [4.78, 5) is 74.9. The smallest absolute Gasteiger partial charge is 0.265 e. The van der Waals surface area contributed by atoms with E-state index in [-0.39, 0.29) is 52.4 Å². The van der Waals surface area contributed by atoms with Gasteiger partial charge in [0.2, 0.25) is 17.7 Å². The zero-order valence-corrected chi connectivity index (χ0v) is 35.3. The number of hydrogen-bond acceptors (Lipinski definition) is 13. The molecule has 9 rings (SSSR count). The van der Waals surface area contributed by atoms with Crippen molar-refractivity contribution in [1.29, 1.82) is 0 Å². The molecule has 5 aliphatic rings. The highest BCUT2D eigenvalue weighted by Gasteiger charge is 2.49. The Bertz CT molecular complexity index is 3010. The van der Waals surface area contributed by atoms with Crippen molar-refractivity contribution >= 4 is 74.9 Å². The summed E-state index contributed by atoms with van der Waals surface area (Å²) in [6, 6.07) is 5.56. The van der Waals surface area contributed by atoms with E-state index in [1.165, 1.54) is 30.6 Å². The number of anilines is 4. The largest absolute Gasteiger partial charge is 0.486 e. The van der Waals surface area contributed by atoms with E-state index in [1.807, 2.05) is 10.2 Å². The molecule has 5 aliphatic heterocycles. The fourth-order valence-electron chi connectivity index (χ4n) is 8.24. The quantitative estimate of drug-likeness (QED) is 0.0734. The van der Waals surface area contributed by atoms with Gasteiger partial charge in [-0.3, -0.25) is 44.0 Å². The minimum absolute atomic E-state index is 0.0914. The predicted octanol–water partition coefficient (Wildman–Crippen LogP) is 5.18. The number of piperidine rings is 2. The van der Waals surface area contributed by atoms with Crippen LogP contribution in [0, 0.1) is 29.2 Å². The first-order valence-electron chi connectivity index (χ1n) is 24.8. The topological polar surface area (TPSA) is 179 Å². The van der Waals surface area contributed by atoms with Crippen molar-refractivity contribution in [2.24, 2.45) is 5.92 Å². The van der Waals surface area contributed by atoms with Gasteiger partial charge in [0.1, 0.15) is 41.5 Å². The van der Waals surface area contributed by atoms with Crippen molar-refractivity contribution in [3.05, 3.63) is 88.2 Å². The molecule has 0 saturated carbocycles. The normalized spacial score (nSPS) is 25.8. The van der Waals surface area contributed by atoms with E-state index in [1.54, 1.807) is 18.2 Å². The molecule has 0 spiro atoms. The monoisotopic (exact) mass is 941 g/mol. The van der Waals surface area contributed by atoms with Crippen molar-refractivity contribution in [1.82, 2.24) is 30.0 Å². The molecule has 0 aliphatic carbocycles. The van der Waals surface area contributed by atoms with E-state index in [4.69, 9.17) is 32.0 Å². The lowest BCUT2D eigenvalue weighted by Crippen LogP contribution is -2.54. The number of carbonyl (C=O) groups excluding carboxylic acids is 5. The number of piperazine rings is 1. The Morgan fingerprint density at radius 3 is 2.41 bits per heavy atom. The highest BCUT2D eigenvalue weighted by molar-refractivity contribution is 6.31. The summed E-state index contributed by atoms with van der Waals surface area (Å²) in [7, 11) is 0. The summed E-state index contributed by atoms with van der Waals surface area (Å²) >= 11 is 5.99.